The number of carbonyl (C=O) groups is 1. The van der Waals surface area contributed by atoms with Crippen LogP contribution in [-0.4, -0.2) is 31.9 Å². The highest BCUT2D eigenvalue weighted by Gasteiger charge is 2.16. The molecule has 0 radical (unpaired) electrons. The van der Waals surface area contributed by atoms with E-state index in [-0.39, 0.29) is 5.97 Å². The number of carbonyl (C=O) groups excluding carboxylic acids is 1. The molecule has 0 aliphatic heterocycles. The smallest absolute Gasteiger partial charge is 0.333 e. The van der Waals surface area contributed by atoms with Gasteiger partial charge in [0.05, 0.1) is 6.61 Å². The molecule has 0 rings (SSSR count). The minimum Gasteiger partial charge on any atom is -0.462 e. The van der Waals surface area contributed by atoms with E-state index < -0.39 is 5.72 Å². The third kappa shape index (κ3) is 7.39. The molecule has 0 saturated carbocycles. The van der Waals surface area contributed by atoms with Gasteiger partial charge in [-0.1, -0.05) is 6.58 Å². The van der Waals surface area contributed by atoms with Gasteiger partial charge in [-0.15, -0.1) is 0 Å². The van der Waals surface area contributed by atoms with E-state index in [1.807, 2.05) is 13.8 Å². The molecule has 5 nitrogen and oxygen atoms in total. The van der Waals surface area contributed by atoms with Gasteiger partial charge in [0.15, 0.2) is 0 Å². The average Bonchev–Trinajstić information content (AvgIpc) is 2.16. The summed E-state index contributed by atoms with van der Waals surface area (Å²) in [5.41, 5.74) is 2.61. The van der Waals surface area contributed by atoms with Crippen LogP contribution in [0, 0.1) is 0 Å². The lowest BCUT2D eigenvalue weighted by Crippen LogP contribution is -2.45. The van der Waals surface area contributed by atoms with Crippen molar-refractivity contribution in [3.63, 3.8) is 0 Å². The van der Waals surface area contributed by atoms with Gasteiger partial charge in [0.2, 0.25) is 0 Å². The molecule has 0 aromatic rings. The largest absolute Gasteiger partial charge is 0.462 e. The Labute approximate surface area is 97.1 Å². The maximum Gasteiger partial charge on any atom is 0.333 e. The van der Waals surface area contributed by atoms with Crippen LogP contribution in [0.1, 0.15) is 27.2 Å². The van der Waals surface area contributed by atoms with Crippen LogP contribution in [-0.2, 0) is 14.4 Å². The molecule has 0 atom stereocenters. The normalized spacial score (nSPS) is 11.2. The lowest BCUT2D eigenvalue weighted by atomic mass is 10.3. The van der Waals surface area contributed by atoms with Crippen LogP contribution < -0.4 is 10.8 Å². The molecular formula is C11H22N2O3. The van der Waals surface area contributed by atoms with Gasteiger partial charge >= 0.3 is 5.97 Å². The SMILES string of the molecule is C=C(C)C(=O)OCCCNC(C)(C)ONC. The first-order chi connectivity index (χ1) is 7.39. The van der Waals surface area contributed by atoms with Gasteiger partial charge in [0, 0.05) is 19.2 Å². The Morgan fingerprint density at radius 3 is 2.56 bits per heavy atom. The monoisotopic (exact) mass is 230 g/mol. The molecule has 0 aliphatic carbocycles. The molecule has 2 N–H and O–H groups in total. The van der Waals surface area contributed by atoms with E-state index in [2.05, 4.69) is 17.4 Å². The Morgan fingerprint density at radius 1 is 1.44 bits per heavy atom. The molecule has 16 heavy (non-hydrogen) atoms. The Kier molecular flexibility index (Phi) is 6.96. The van der Waals surface area contributed by atoms with Gasteiger partial charge in [-0.3, -0.25) is 10.2 Å². The summed E-state index contributed by atoms with van der Waals surface area (Å²) in [6.07, 6.45) is 0.732. The minimum absolute atomic E-state index is 0.342. The highest BCUT2D eigenvalue weighted by Crippen LogP contribution is 2.01. The minimum atomic E-state index is -0.437. The van der Waals surface area contributed by atoms with Crippen LogP contribution in [0.5, 0.6) is 0 Å². The first-order valence-electron chi connectivity index (χ1n) is 5.31. The molecule has 0 heterocycles. The molecule has 0 spiro atoms. The van der Waals surface area contributed by atoms with E-state index in [4.69, 9.17) is 9.57 Å². The fourth-order valence-corrected chi connectivity index (χ4v) is 1.04. The summed E-state index contributed by atoms with van der Waals surface area (Å²) in [5.74, 6) is -0.342. The Morgan fingerprint density at radius 2 is 2.06 bits per heavy atom. The summed E-state index contributed by atoms with van der Waals surface area (Å²) in [7, 11) is 1.71. The highest BCUT2D eigenvalue weighted by molar-refractivity contribution is 5.86. The average molecular weight is 230 g/mol. The quantitative estimate of drug-likeness (QED) is 0.214. The zero-order chi connectivity index (χ0) is 12.6. The van der Waals surface area contributed by atoms with Crippen LogP contribution in [0.3, 0.4) is 0 Å². The molecule has 5 heteroatoms. The van der Waals surface area contributed by atoms with Crippen molar-refractivity contribution in [2.75, 3.05) is 20.2 Å². The molecule has 0 aromatic carbocycles. The molecule has 0 amide bonds. The van der Waals surface area contributed by atoms with Crippen molar-refractivity contribution in [1.82, 2.24) is 10.8 Å². The van der Waals surface area contributed by atoms with Gasteiger partial charge < -0.3 is 4.74 Å². The standard InChI is InChI=1S/C11H22N2O3/c1-9(2)10(14)15-8-6-7-13-11(3,4)16-12-5/h12-13H,1,6-8H2,2-5H3. The van der Waals surface area contributed by atoms with Crippen molar-refractivity contribution in [1.29, 1.82) is 0 Å². The Bertz CT molecular complexity index is 239. The highest BCUT2D eigenvalue weighted by atomic mass is 16.7. The van der Waals surface area contributed by atoms with Crippen molar-refractivity contribution in [2.45, 2.75) is 32.9 Å². The summed E-state index contributed by atoms with van der Waals surface area (Å²) in [4.78, 5) is 16.2. The van der Waals surface area contributed by atoms with Crippen LogP contribution >= 0.6 is 0 Å². The predicted molar refractivity (Wildman–Crippen MR) is 62.6 cm³/mol. The van der Waals surface area contributed by atoms with Gasteiger partial charge in [0.1, 0.15) is 5.72 Å². The Balaban J connectivity index is 3.54. The maximum atomic E-state index is 11.0. The van der Waals surface area contributed by atoms with Gasteiger partial charge in [0.25, 0.3) is 0 Å². The zero-order valence-electron chi connectivity index (χ0n) is 10.6. The molecule has 94 valence electrons. The van der Waals surface area contributed by atoms with E-state index in [9.17, 15) is 4.79 Å². The van der Waals surface area contributed by atoms with E-state index in [0.717, 1.165) is 6.42 Å². The van der Waals surface area contributed by atoms with Crippen molar-refractivity contribution in [2.24, 2.45) is 0 Å². The van der Waals surface area contributed by atoms with Crippen molar-refractivity contribution in [3.05, 3.63) is 12.2 Å². The van der Waals surface area contributed by atoms with Crippen molar-refractivity contribution >= 4 is 5.97 Å². The number of nitrogens with one attached hydrogen (secondary N) is 2. The number of ether oxygens (including phenoxy) is 1. The first kappa shape index (κ1) is 15.1. The van der Waals surface area contributed by atoms with Crippen LogP contribution in [0.25, 0.3) is 0 Å². The zero-order valence-corrected chi connectivity index (χ0v) is 10.6. The number of hydrogen-bond donors (Lipinski definition) is 2. The van der Waals surface area contributed by atoms with Crippen LogP contribution in [0.15, 0.2) is 12.2 Å². The fourth-order valence-electron chi connectivity index (χ4n) is 1.04. The topological polar surface area (TPSA) is 59.6 Å². The van der Waals surface area contributed by atoms with E-state index in [0.29, 0.717) is 18.7 Å². The Hall–Kier alpha value is -0.910. The van der Waals surface area contributed by atoms with Crippen molar-refractivity contribution < 1.29 is 14.4 Å². The third-order valence-corrected chi connectivity index (χ3v) is 1.81. The lowest BCUT2D eigenvalue weighted by Gasteiger charge is -2.25. The summed E-state index contributed by atoms with van der Waals surface area (Å²) < 4.78 is 4.94. The lowest BCUT2D eigenvalue weighted by molar-refractivity contribution is -0.139. The van der Waals surface area contributed by atoms with E-state index >= 15 is 0 Å². The summed E-state index contributed by atoms with van der Waals surface area (Å²) in [6, 6.07) is 0. The van der Waals surface area contributed by atoms with Crippen LogP contribution in [0.2, 0.25) is 0 Å². The second-order valence-electron chi connectivity index (χ2n) is 4.01. The van der Waals surface area contributed by atoms with Gasteiger partial charge in [-0.2, -0.15) is 0 Å². The number of hydroxylamine groups is 1. The maximum absolute atomic E-state index is 11.0. The summed E-state index contributed by atoms with van der Waals surface area (Å²) >= 11 is 0. The van der Waals surface area contributed by atoms with Gasteiger partial charge in [-0.05, 0) is 27.2 Å². The number of rotatable bonds is 8. The summed E-state index contributed by atoms with van der Waals surface area (Å²) in [5, 5.41) is 3.16. The number of esters is 1. The van der Waals surface area contributed by atoms with Crippen LogP contribution in [0.4, 0.5) is 0 Å². The van der Waals surface area contributed by atoms with Gasteiger partial charge in [-0.25, -0.2) is 10.3 Å². The third-order valence-electron chi connectivity index (χ3n) is 1.81. The predicted octanol–water partition coefficient (Wildman–Crippen LogP) is 0.973. The number of hydrogen-bond acceptors (Lipinski definition) is 5. The van der Waals surface area contributed by atoms with E-state index in [1.165, 1.54) is 0 Å². The molecular weight excluding hydrogens is 208 g/mol. The summed E-state index contributed by atoms with van der Waals surface area (Å²) in [6.45, 7) is 10.0. The first-order valence-corrected chi connectivity index (χ1v) is 5.31. The van der Waals surface area contributed by atoms with Crippen molar-refractivity contribution in [3.8, 4) is 0 Å². The molecule has 0 fully saturated rings. The molecule has 0 aromatic heterocycles. The molecule has 0 aliphatic rings. The fraction of sp³-hybridized carbons (Fsp3) is 0.727. The molecule has 0 bridgehead atoms. The second kappa shape index (κ2) is 7.38. The second-order valence-corrected chi connectivity index (χ2v) is 4.01. The molecule has 0 unspecified atom stereocenters. The molecule has 0 saturated heterocycles. The van der Waals surface area contributed by atoms with E-state index in [1.54, 1.807) is 14.0 Å².